The van der Waals surface area contributed by atoms with Crippen molar-refractivity contribution in [3.63, 3.8) is 0 Å². The number of piperazine rings is 1. The lowest BCUT2D eigenvalue weighted by Gasteiger charge is -2.35. The number of amides is 1. The van der Waals surface area contributed by atoms with Crippen molar-refractivity contribution in [2.75, 3.05) is 57.8 Å². The zero-order valence-electron chi connectivity index (χ0n) is 16.6. The molecule has 28 heavy (non-hydrogen) atoms. The topological polar surface area (TPSA) is 60.4 Å². The molecule has 0 saturated carbocycles. The van der Waals surface area contributed by atoms with E-state index < -0.39 is 0 Å². The molecule has 2 heterocycles. The van der Waals surface area contributed by atoms with E-state index in [1.165, 1.54) is 11.3 Å². The Morgan fingerprint density at radius 2 is 1.82 bits per heavy atom. The third-order valence-electron chi connectivity index (χ3n) is 4.86. The minimum atomic E-state index is -0.228. The van der Waals surface area contributed by atoms with Crippen LogP contribution in [0.15, 0.2) is 41.4 Å². The molecule has 1 saturated heterocycles. The van der Waals surface area contributed by atoms with Gasteiger partial charge in [0.15, 0.2) is 5.96 Å². The lowest BCUT2D eigenvalue weighted by molar-refractivity contribution is 0.0914. The van der Waals surface area contributed by atoms with Crippen LogP contribution < -0.4 is 10.2 Å². The number of ether oxygens (including phenoxy) is 1. The number of halogens is 1. The van der Waals surface area contributed by atoms with Gasteiger partial charge in [-0.3, -0.25) is 4.99 Å². The molecule has 1 aromatic rings. The summed E-state index contributed by atoms with van der Waals surface area (Å²) in [5.74, 6) is 0.867. The zero-order valence-corrected chi connectivity index (χ0v) is 19.0. The zero-order chi connectivity index (χ0) is 19.1. The van der Waals surface area contributed by atoms with Crippen LogP contribution in [0.3, 0.4) is 0 Å². The fourth-order valence-corrected chi connectivity index (χ4v) is 3.38. The Hall–Kier alpha value is -1.97. The monoisotopic (exact) mass is 499 g/mol. The highest BCUT2D eigenvalue weighted by Gasteiger charge is 2.23. The van der Waals surface area contributed by atoms with Crippen LogP contribution in [-0.4, -0.2) is 74.8 Å². The van der Waals surface area contributed by atoms with Gasteiger partial charge in [0.1, 0.15) is 0 Å². The van der Waals surface area contributed by atoms with Crippen molar-refractivity contribution in [1.82, 2.24) is 15.1 Å². The summed E-state index contributed by atoms with van der Waals surface area (Å²) in [5.41, 5.74) is 2.48. The minimum absolute atomic E-state index is 0. The molecule has 1 fully saturated rings. The fourth-order valence-electron chi connectivity index (χ4n) is 3.38. The van der Waals surface area contributed by atoms with E-state index in [1.54, 1.807) is 11.9 Å². The van der Waals surface area contributed by atoms with Crippen molar-refractivity contribution in [3.05, 3.63) is 42.0 Å². The van der Waals surface area contributed by atoms with E-state index >= 15 is 0 Å². The smallest absolute Gasteiger partial charge is 0.409 e. The first kappa shape index (κ1) is 22.3. The van der Waals surface area contributed by atoms with Gasteiger partial charge in [0, 0.05) is 58.5 Å². The van der Waals surface area contributed by atoms with Crippen molar-refractivity contribution >= 4 is 41.7 Å². The molecular formula is C20H30IN5O2. The average Bonchev–Trinajstić information content (AvgIpc) is 3.24. The van der Waals surface area contributed by atoms with Crippen LogP contribution in [0.1, 0.15) is 12.5 Å². The number of nitrogens with one attached hydrogen (secondary N) is 1. The predicted octanol–water partition coefficient (Wildman–Crippen LogP) is 2.53. The van der Waals surface area contributed by atoms with Gasteiger partial charge in [0.05, 0.1) is 6.61 Å². The molecule has 0 spiro atoms. The number of benzene rings is 1. The van der Waals surface area contributed by atoms with E-state index in [0.29, 0.717) is 19.7 Å². The standard InChI is InChI=1S/C20H29N5O2.HI/c1-3-27-20(26)25-13-11-24(12-14-25)19(21-2)22-16-17-7-6-8-18(15-17)23-9-4-5-10-23;/h4-8,15H,3,9-14,16H2,1-2H3,(H,21,22);1H. The maximum Gasteiger partial charge on any atom is 0.409 e. The molecule has 0 bridgehead atoms. The maximum absolute atomic E-state index is 11.8. The van der Waals surface area contributed by atoms with Gasteiger partial charge in [-0.1, -0.05) is 24.3 Å². The number of aliphatic imine (C=N–C) groups is 1. The molecular weight excluding hydrogens is 469 g/mol. The highest BCUT2D eigenvalue weighted by molar-refractivity contribution is 14.0. The van der Waals surface area contributed by atoms with Crippen molar-refractivity contribution < 1.29 is 9.53 Å². The summed E-state index contributed by atoms with van der Waals surface area (Å²) in [6, 6.07) is 8.61. The molecule has 2 aliphatic rings. The number of hydrogen-bond donors (Lipinski definition) is 1. The fraction of sp³-hybridized carbons (Fsp3) is 0.500. The molecule has 0 radical (unpaired) electrons. The number of anilines is 1. The second kappa shape index (κ2) is 11.1. The van der Waals surface area contributed by atoms with Crippen LogP contribution in [0, 0.1) is 0 Å². The summed E-state index contributed by atoms with van der Waals surface area (Å²) in [6.45, 7) is 7.71. The van der Waals surface area contributed by atoms with Gasteiger partial charge in [-0.05, 0) is 24.6 Å². The first-order valence-corrected chi connectivity index (χ1v) is 9.57. The average molecular weight is 499 g/mol. The van der Waals surface area contributed by atoms with Crippen LogP contribution in [0.25, 0.3) is 0 Å². The normalized spacial score (nSPS) is 16.8. The lowest BCUT2D eigenvalue weighted by Crippen LogP contribution is -2.53. The summed E-state index contributed by atoms with van der Waals surface area (Å²) >= 11 is 0. The summed E-state index contributed by atoms with van der Waals surface area (Å²) < 4.78 is 5.08. The van der Waals surface area contributed by atoms with Crippen LogP contribution in [0.5, 0.6) is 0 Å². The number of rotatable bonds is 4. The van der Waals surface area contributed by atoms with Crippen LogP contribution in [0.4, 0.5) is 10.5 Å². The molecule has 8 heteroatoms. The Bertz CT molecular complexity index is 694. The number of hydrogen-bond acceptors (Lipinski definition) is 4. The summed E-state index contributed by atoms with van der Waals surface area (Å²) in [5, 5.41) is 3.45. The molecule has 1 amide bonds. The summed E-state index contributed by atoms with van der Waals surface area (Å²) in [6.07, 6.45) is 4.17. The molecule has 154 valence electrons. The Kier molecular flexibility index (Phi) is 8.88. The quantitative estimate of drug-likeness (QED) is 0.299. The minimum Gasteiger partial charge on any atom is -0.450 e. The highest BCUT2D eigenvalue weighted by atomic mass is 127. The number of carbonyl (C=O) groups excluding carboxylic acids is 1. The molecule has 3 rings (SSSR count). The van der Waals surface area contributed by atoms with Gasteiger partial charge in [-0.15, -0.1) is 24.0 Å². The third-order valence-corrected chi connectivity index (χ3v) is 4.86. The highest BCUT2D eigenvalue weighted by Crippen LogP contribution is 2.18. The first-order chi connectivity index (χ1) is 13.2. The third kappa shape index (κ3) is 5.76. The Balaban J connectivity index is 0.00000280. The number of nitrogens with zero attached hydrogens (tertiary/aromatic N) is 4. The van der Waals surface area contributed by atoms with E-state index in [-0.39, 0.29) is 30.1 Å². The Labute approximate surface area is 184 Å². The SMILES string of the molecule is CCOC(=O)N1CCN(C(=NC)NCc2cccc(N3CC=CC3)c2)CC1.I. The molecule has 1 N–H and O–H groups in total. The predicted molar refractivity (Wildman–Crippen MR) is 124 cm³/mol. The van der Waals surface area contributed by atoms with Crippen LogP contribution in [0.2, 0.25) is 0 Å². The molecule has 2 aliphatic heterocycles. The molecule has 0 atom stereocenters. The van der Waals surface area contributed by atoms with Gasteiger partial charge in [-0.2, -0.15) is 0 Å². The maximum atomic E-state index is 11.8. The molecule has 1 aromatic carbocycles. The summed E-state index contributed by atoms with van der Waals surface area (Å²) in [7, 11) is 1.80. The second-order valence-electron chi connectivity index (χ2n) is 6.62. The van der Waals surface area contributed by atoms with Crippen molar-refractivity contribution in [3.8, 4) is 0 Å². The number of guanidine groups is 1. The molecule has 7 nitrogen and oxygen atoms in total. The molecule has 0 aliphatic carbocycles. The van der Waals surface area contributed by atoms with Crippen molar-refractivity contribution in [1.29, 1.82) is 0 Å². The van der Waals surface area contributed by atoms with E-state index in [9.17, 15) is 4.79 Å². The van der Waals surface area contributed by atoms with E-state index in [0.717, 1.165) is 38.7 Å². The van der Waals surface area contributed by atoms with Gasteiger partial charge in [-0.25, -0.2) is 4.79 Å². The van der Waals surface area contributed by atoms with Gasteiger partial charge < -0.3 is 24.8 Å². The number of carbonyl (C=O) groups is 1. The van der Waals surface area contributed by atoms with Crippen molar-refractivity contribution in [2.24, 2.45) is 4.99 Å². The van der Waals surface area contributed by atoms with Gasteiger partial charge >= 0.3 is 6.09 Å². The van der Waals surface area contributed by atoms with E-state index in [1.807, 2.05) is 6.92 Å². The Morgan fingerprint density at radius 1 is 1.14 bits per heavy atom. The first-order valence-electron chi connectivity index (χ1n) is 9.57. The largest absolute Gasteiger partial charge is 0.450 e. The van der Waals surface area contributed by atoms with Crippen LogP contribution in [-0.2, 0) is 11.3 Å². The van der Waals surface area contributed by atoms with Crippen molar-refractivity contribution in [2.45, 2.75) is 13.5 Å². The summed E-state index contributed by atoms with van der Waals surface area (Å²) in [4.78, 5) is 22.5. The Morgan fingerprint density at radius 3 is 2.46 bits per heavy atom. The van der Waals surface area contributed by atoms with Gasteiger partial charge in [0.2, 0.25) is 0 Å². The van der Waals surface area contributed by atoms with E-state index in [4.69, 9.17) is 4.74 Å². The van der Waals surface area contributed by atoms with E-state index in [2.05, 4.69) is 56.5 Å². The molecule has 0 unspecified atom stereocenters. The van der Waals surface area contributed by atoms with Gasteiger partial charge in [0.25, 0.3) is 0 Å². The molecule has 0 aromatic heterocycles. The lowest BCUT2D eigenvalue weighted by atomic mass is 10.2. The second-order valence-corrected chi connectivity index (χ2v) is 6.62. The van der Waals surface area contributed by atoms with Crippen LogP contribution >= 0.6 is 24.0 Å².